The number of aromatic nitrogens is 1. The molecule has 9 heteroatoms. The van der Waals surface area contributed by atoms with Crippen molar-refractivity contribution < 1.29 is 19.2 Å². The Labute approximate surface area is 126 Å². The van der Waals surface area contributed by atoms with Gasteiger partial charge in [0.25, 0.3) is 5.69 Å². The van der Waals surface area contributed by atoms with Crippen molar-refractivity contribution in [2.24, 2.45) is 0 Å². The van der Waals surface area contributed by atoms with Crippen LogP contribution in [0.15, 0.2) is 18.3 Å². The summed E-state index contributed by atoms with van der Waals surface area (Å²) in [5.74, 6) is -0.182. The summed E-state index contributed by atoms with van der Waals surface area (Å²) >= 11 is 0. The smallest absolute Gasteiger partial charge is 0.315 e. The summed E-state index contributed by atoms with van der Waals surface area (Å²) < 4.78 is 4.47. The van der Waals surface area contributed by atoms with Crippen LogP contribution >= 0.6 is 0 Å². The zero-order chi connectivity index (χ0) is 16.1. The molecule has 2 heterocycles. The summed E-state index contributed by atoms with van der Waals surface area (Å²) in [6.07, 6.45) is 0.955. The highest BCUT2D eigenvalue weighted by atomic mass is 16.6. The molecule has 0 spiro atoms. The number of piperazine rings is 1. The number of rotatable bonds is 4. The minimum Gasteiger partial charge on any atom is -0.469 e. The molecule has 1 aromatic rings. The van der Waals surface area contributed by atoms with Crippen molar-refractivity contribution in [3.63, 3.8) is 0 Å². The van der Waals surface area contributed by atoms with E-state index in [-0.39, 0.29) is 18.0 Å². The first-order valence-corrected chi connectivity index (χ1v) is 6.71. The van der Waals surface area contributed by atoms with Crippen LogP contribution in [0.2, 0.25) is 0 Å². The van der Waals surface area contributed by atoms with E-state index < -0.39 is 10.9 Å². The number of carbonyl (C=O) groups excluding carboxylic acids is 2. The number of esters is 1. The summed E-state index contributed by atoms with van der Waals surface area (Å²) in [6, 6.07) is 2.99. The lowest BCUT2D eigenvalue weighted by Crippen LogP contribution is -2.49. The number of methoxy groups -OCH3 is 1. The summed E-state index contributed by atoms with van der Waals surface area (Å²) in [7, 11) is 1.24. The normalized spacial score (nSPS) is 14.6. The molecule has 1 aliphatic rings. The molecule has 1 aliphatic heterocycles. The van der Waals surface area contributed by atoms with E-state index in [2.05, 4.69) is 9.72 Å². The van der Waals surface area contributed by atoms with Crippen LogP contribution in [0.3, 0.4) is 0 Å². The predicted octanol–water partition coefficient (Wildman–Crippen LogP) is 0.201. The summed E-state index contributed by atoms with van der Waals surface area (Å²) in [5.41, 5.74) is -0.0596. The standard InChI is InChI=1S/C13H16N4O5/c1-22-13(19)8-12(18)16-6-4-15(5-7-16)11-3-2-10(9-14-11)17(20)21/h2-3,9H,4-8H2,1H3. The predicted molar refractivity (Wildman–Crippen MR) is 76.3 cm³/mol. The van der Waals surface area contributed by atoms with Gasteiger partial charge in [-0.2, -0.15) is 0 Å². The maximum absolute atomic E-state index is 11.8. The Kier molecular flexibility index (Phi) is 4.87. The average Bonchev–Trinajstić information content (AvgIpc) is 2.55. The molecule has 1 fully saturated rings. The van der Waals surface area contributed by atoms with Crippen LogP contribution in [-0.2, 0) is 14.3 Å². The van der Waals surface area contributed by atoms with Crippen molar-refractivity contribution in [3.05, 3.63) is 28.4 Å². The molecular formula is C13H16N4O5. The minimum atomic E-state index is -0.551. The number of pyridine rings is 1. The molecule has 1 amide bonds. The third-order valence-electron chi connectivity index (χ3n) is 3.42. The summed E-state index contributed by atoms with van der Waals surface area (Å²) in [4.78, 5) is 40.6. The highest BCUT2D eigenvalue weighted by Crippen LogP contribution is 2.17. The van der Waals surface area contributed by atoms with E-state index in [4.69, 9.17) is 0 Å². The van der Waals surface area contributed by atoms with E-state index >= 15 is 0 Å². The van der Waals surface area contributed by atoms with Crippen molar-refractivity contribution in [2.75, 3.05) is 38.2 Å². The van der Waals surface area contributed by atoms with Gasteiger partial charge in [-0.05, 0) is 6.07 Å². The highest BCUT2D eigenvalue weighted by molar-refractivity contribution is 5.94. The number of ether oxygens (including phenoxy) is 1. The summed E-state index contributed by atoms with van der Waals surface area (Å²) in [6.45, 7) is 2.04. The quantitative estimate of drug-likeness (QED) is 0.338. The van der Waals surface area contributed by atoms with Gasteiger partial charge < -0.3 is 14.5 Å². The average molecular weight is 308 g/mol. The molecule has 0 saturated carbocycles. The number of carbonyl (C=O) groups is 2. The molecular weight excluding hydrogens is 292 g/mol. The lowest BCUT2D eigenvalue weighted by atomic mass is 10.2. The summed E-state index contributed by atoms with van der Waals surface area (Å²) in [5, 5.41) is 10.6. The van der Waals surface area contributed by atoms with E-state index in [9.17, 15) is 19.7 Å². The second kappa shape index (κ2) is 6.83. The van der Waals surface area contributed by atoms with Gasteiger partial charge in [-0.15, -0.1) is 0 Å². The van der Waals surface area contributed by atoms with E-state index in [1.807, 2.05) is 4.90 Å². The lowest BCUT2D eigenvalue weighted by molar-refractivity contribution is -0.385. The van der Waals surface area contributed by atoms with Crippen molar-refractivity contribution in [2.45, 2.75) is 6.42 Å². The van der Waals surface area contributed by atoms with Gasteiger partial charge in [0.05, 0.1) is 12.0 Å². The Morgan fingerprint density at radius 3 is 2.50 bits per heavy atom. The first-order chi connectivity index (χ1) is 10.5. The van der Waals surface area contributed by atoms with Gasteiger partial charge in [-0.3, -0.25) is 19.7 Å². The monoisotopic (exact) mass is 308 g/mol. The Morgan fingerprint density at radius 1 is 1.32 bits per heavy atom. The number of hydrogen-bond acceptors (Lipinski definition) is 7. The molecule has 0 bridgehead atoms. The van der Waals surface area contributed by atoms with Crippen LogP contribution in [0.4, 0.5) is 11.5 Å². The van der Waals surface area contributed by atoms with Crippen LogP contribution in [0.5, 0.6) is 0 Å². The molecule has 1 aromatic heterocycles. The fraction of sp³-hybridized carbons (Fsp3) is 0.462. The van der Waals surface area contributed by atoms with Gasteiger partial charge >= 0.3 is 5.97 Å². The number of hydrogen-bond donors (Lipinski definition) is 0. The molecule has 9 nitrogen and oxygen atoms in total. The second-order valence-electron chi connectivity index (χ2n) is 4.75. The molecule has 0 N–H and O–H groups in total. The van der Waals surface area contributed by atoms with Gasteiger partial charge in [0.15, 0.2) is 0 Å². The Balaban J connectivity index is 1.90. The lowest BCUT2D eigenvalue weighted by Gasteiger charge is -2.35. The zero-order valence-corrected chi connectivity index (χ0v) is 12.1. The number of amides is 1. The zero-order valence-electron chi connectivity index (χ0n) is 12.1. The van der Waals surface area contributed by atoms with Crippen LogP contribution in [0, 0.1) is 10.1 Å². The van der Waals surface area contributed by atoms with Gasteiger partial charge in [-0.1, -0.05) is 0 Å². The van der Waals surface area contributed by atoms with Gasteiger partial charge in [0.1, 0.15) is 18.4 Å². The molecule has 0 radical (unpaired) electrons. The fourth-order valence-corrected chi connectivity index (χ4v) is 2.17. The molecule has 0 aromatic carbocycles. The van der Waals surface area contributed by atoms with Crippen LogP contribution in [0.25, 0.3) is 0 Å². The number of nitrogens with zero attached hydrogens (tertiary/aromatic N) is 4. The molecule has 118 valence electrons. The molecule has 22 heavy (non-hydrogen) atoms. The Bertz CT molecular complexity index is 566. The van der Waals surface area contributed by atoms with Gasteiger partial charge in [0, 0.05) is 32.2 Å². The molecule has 0 atom stereocenters. The maximum atomic E-state index is 11.8. The van der Waals surface area contributed by atoms with Crippen molar-refractivity contribution in [3.8, 4) is 0 Å². The second-order valence-corrected chi connectivity index (χ2v) is 4.75. The minimum absolute atomic E-state index is 0.0596. The SMILES string of the molecule is COC(=O)CC(=O)N1CCN(c2ccc([N+](=O)[O-])cn2)CC1. The Morgan fingerprint density at radius 2 is 2.00 bits per heavy atom. The maximum Gasteiger partial charge on any atom is 0.315 e. The van der Waals surface area contributed by atoms with Crippen molar-refractivity contribution >= 4 is 23.4 Å². The largest absolute Gasteiger partial charge is 0.469 e. The van der Waals surface area contributed by atoms with E-state index in [0.717, 1.165) is 0 Å². The van der Waals surface area contributed by atoms with Crippen LogP contribution in [0.1, 0.15) is 6.42 Å². The molecule has 2 rings (SSSR count). The van der Waals surface area contributed by atoms with Crippen LogP contribution in [-0.4, -0.2) is 60.0 Å². The van der Waals surface area contributed by atoms with Gasteiger partial charge in [-0.25, -0.2) is 4.98 Å². The molecule has 1 saturated heterocycles. The highest BCUT2D eigenvalue weighted by Gasteiger charge is 2.23. The van der Waals surface area contributed by atoms with Crippen molar-refractivity contribution in [1.82, 2.24) is 9.88 Å². The first kappa shape index (κ1) is 15.7. The Hall–Kier alpha value is -2.71. The topological polar surface area (TPSA) is 106 Å². The fourth-order valence-electron chi connectivity index (χ4n) is 2.17. The molecule has 0 aliphatic carbocycles. The van der Waals surface area contributed by atoms with E-state index in [1.165, 1.54) is 19.4 Å². The molecule has 0 unspecified atom stereocenters. The third kappa shape index (κ3) is 3.68. The first-order valence-electron chi connectivity index (χ1n) is 6.71. The third-order valence-corrected chi connectivity index (χ3v) is 3.42. The number of anilines is 1. The van der Waals surface area contributed by atoms with Crippen molar-refractivity contribution in [1.29, 1.82) is 0 Å². The van der Waals surface area contributed by atoms with Crippen LogP contribution < -0.4 is 4.90 Å². The van der Waals surface area contributed by atoms with E-state index in [1.54, 1.807) is 11.0 Å². The van der Waals surface area contributed by atoms with E-state index in [0.29, 0.717) is 32.0 Å². The number of nitro groups is 1. The van der Waals surface area contributed by atoms with Gasteiger partial charge in [0.2, 0.25) is 5.91 Å².